The predicted molar refractivity (Wildman–Crippen MR) is 185 cm³/mol. The number of aromatic nitrogens is 3. The monoisotopic (exact) mass is 788 g/mol. The largest absolute Gasteiger partial charge is 0.486 e. The van der Waals surface area contributed by atoms with Gasteiger partial charge in [-0.1, -0.05) is 74.1 Å². The number of hydrogen-bond donors (Lipinski definition) is 0. The zero-order chi connectivity index (χ0) is 30.9. The Hall–Kier alpha value is -3.44. The Morgan fingerprint density at radius 1 is 0.844 bits per heavy atom. The smallest absolute Gasteiger partial charge is 0.216 e. The Kier molecular flexibility index (Phi) is 9.88. The summed E-state index contributed by atoms with van der Waals surface area (Å²) in [7, 11) is -1.37. The van der Waals surface area contributed by atoms with Gasteiger partial charge in [0.25, 0.3) is 0 Å². The van der Waals surface area contributed by atoms with Gasteiger partial charge in [-0.2, -0.15) is 0 Å². The molecule has 1 radical (unpaired) electrons. The van der Waals surface area contributed by atoms with Crippen molar-refractivity contribution in [1.29, 1.82) is 0 Å². The first-order chi connectivity index (χ1) is 21.1. The van der Waals surface area contributed by atoms with Gasteiger partial charge in [0.2, 0.25) is 5.71 Å². The molecule has 0 saturated heterocycles. The molecule has 2 aromatic carbocycles. The first-order valence-electron chi connectivity index (χ1n) is 15.7. The fraction of sp³-hybridized carbons (Fsp3) is 0.308. The molecule has 6 heteroatoms. The third-order valence-corrected chi connectivity index (χ3v) is 10.3. The third-order valence-electron chi connectivity index (χ3n) is 8.23. The summed E-state index contributed by atoms with van der Waals surface area (Å²) in [6.07, 6.45) is 11.6. The van der Waals surface area contributed by atoms with E-state index in [1.807, 2.05) is 48.7 Å². The maximum Gasteiger partial charge on any atom is 0.216 e. The van der Waals surface area contributed by atoms with Crippen molar-refractivity contribution in [3.63, 3.8) is 0 Å². The first kappa shape index (κ1) is 32.9. The average molecular weight is 788 g/mol. The number of aryl methyl sites for hydroxylation is 1. The summed E-state index contributed by atoms with van der Waals surface area (Å²) in [6, 6.07) is 27.1. The number of fused-ring (bicyclic) bond motifs is 4. The van der Waals surface area contributed by atoms with Gasteiger partial charge in [0.1, 0.15) is 0 Å². The molecule has 4 aromatic heterocycles. The third kappa shape index (κ3) is 7.35. The van der Waals surface area contributed by atoms with Crippen molar-refractivity contribution in [3.05, 3.63) is 108 Å². The van der Waals surface area contributed by atoms with Gasteiger partial charge in [0.15, 0.2) is 0 Å². The van der Waals surface area contributed by atoms with Gasteiger partial charge in [-0.3, -0.25) is 0 Å². The number of nitrogens with zero attached hydrogens (tertiary/aromatic N) is 3. The van der Waals surface area contributed by atoms with Crippen molar-refractivity contribution >= 4 is 35.3 Å². The van der Waals surface area contributed by atoms with Crippen LogP contribution in [0.15, 0.2) is 83.7 Å². The average Bonchev–Trinajstić information content (AvgIpc) is 3.39. The SMILES string of the molecule is CC(C)(C)Cc1cc(-c2[c-]cccc2)ncc1[Si](C)(C)C.[Ir].[c-]1ccc2c(oc3ncccc32)c1-c1nccc2c1CCCC2. The Labute approximate surface area is 282 Å². The minimum absolute atomic E-state index is 0. The quantitative estimate of drug-likeness (QED) is 0.132. The Balaban J connectivity index is 0.000000175. The van der Waals surface area contributed by atoms with Gasteiger partial charge in [0, 0.05) is 44.1 Å². The summed E-state index contributed by atoms with van der Waals surface area (Å²) >= 11 is 0. The van der Waals surface area contributed by atoms with Crippen LogP contribution >= 0.6 is 0 Å². The summed E-state index contributed by atoms with van der Waals surface area (Å²) in [6.45, 7) is 14.1. The van der Waals surface area contributed by atoms with Crippen LogP contribution in [0.3, 0.4) is 0 Å². The summed E-state index contributed by atoms with van der Waals surface area (Å²) in [5.74, 6) is 0. The van der Waals surface area contributed by atoms with Crippen molar-refractivity contribution in [3.8, 4) is 22.5 Å². The second kappa shape index (κ2) is 13.5. The van der Waals surface area contributed by atoms with Gasteiger partial charge in [-0.05, 0) is 72.3 Å². The minimum atomic E-state index is -1.37. The van der Waals surface area contributed by atoms with Crippen LogP contribution in [0.1, 0.15) is 50.3 Å². The van der Waals surface area contributed by atoms with E-state index in [9.17, 15) is 0 Å². The normalized spacial score (nSPS) is 13.1. The number of furan rings is 1. The fourth-order valence-corrected chi connectivity index (χ4v) is 7.80. The van der Waals surface area contributed by atoms with E-state index in [1.54, 1.807) is 6.20 Å². The molecule has 0 saturated carbocycles. The Bertz CT molecular complexity index is 1920. The van der Waals surface area contributed by atoms with Crippen LogP contribution in [0, 0.1) is 17.5 Å². The molecule has 0 unspecified atom stereocenters. The molecule has 1 aliphatic rings. The molecule has 0 fully saturated rings. The van der Waals surface area contributed by atoms with E-state index in [1.165, 1.54) is 34.7 Å². The van der Waals surface area contributed by atoms with Crippen LogP contribution in [0.25, 0.3) is 44.6 Å². The van der Waals surface area contributed by atoms with Gasteiger partial charge < -0.3 is 14.4 Å². The Morgan fingerprint density at radius 2 is 1.67 bits per heavy atom. The minimum Gasteiger partial charge on any atom is -0.486 e. The molecule has 45 heavy (non-hydrogen) atoms. The van der Waals surface area contributed by atoms with Crippen LogP contribution in [-0.2, 0) is 39.4 Å². The molecule has 0 atom stereocenters. The molecule has 4 nitrogen and oxygen atoms in total. The van der Waals surface area contributed by atoms with E-state index in [4.69, 9.17) is 9.40 Å². The second-order valence-corrected chi connectivity index (χ2v) is 19.1. The van der Waals surface area contributed by atoms with Gasteiger partial charge in [-0.15, -0.1) is 54.1 Å². The van der Waals surface area contributed by atoms with Crippen LogP contribution < -0.4 is 5.19 Å². The second-order valence-electron chi connectivity index (χ2n) is 14.0. The van der Waals surface area contributed by atoms with Gasteiger partial charge >= 0.3 is 0 Å². The molecule has 233 valence electrons. The van der Waals surface area contributed by atoms with Crippen LogP contribution in [0.4, 0.5) is 0 Å². The van der Waals surface area contributed by atoms with Gasteiger partial charge in [-0.25, -0.2) is 4.98 Å². The number of benzene rings is 2. The molecule has 4 heterocycles. The van der Waals surface area contributed by atoms with E-state index in [0.717, 1.165) is 58.1 Å². The molecule has 0 amide bonds. The number of rotatable bonds is 4. The molecule has 6 aromatic rings. The van der Waals surface area contributed by atoms with Gasteiger partial charge in [0.05, 0.1) is 13.7 Å². The molecule has 0 N–H and O–H groups in total. The van der Waals surface area contributed by atoms with Crippen LogP contribution in [0.5, 0.6) is 0 Å². The molecule has 0 bridgehead atoms. The molecule has 1 aliphatic carbocycles. The van der Waals surface area contributed by atoms with E-state index >= 15 is 0 Å². The van der Waals surface area contributed by atoms with E-state index in [2.05, 4.69) is 86.9 Å². The summed E-state index contributed by atoms with van der Waals surface area (Å²) < 4.78 is 6.05. The summed E-state index contributed by atoms with van der Waals surface area (Å²) in [4.78, 5) is 13.7. The van der Waals surface area contributed by atoms with E-state index in [0.29, 0.717) is 5.71 Å². The fourth-order valence-electron chi connectivity index (χ4n) is 6.22. The summed E-state index contributed by atoms with van der Waals surface area (Å²) in [5, 5.41) is 3.61. The number of hydrogen-bond acceptors (Lipinski definition) is 4. The summed E-state index contributed by atoms with van der Waals surface area (Å²) in [5.41, 5.74) is 10.1. The molecule has 7 rings (SSSR count). The van der Waals surface area contributed by atoms with E-state index in [-0.39, 0.29) is 25.5 Å². The van der Waals surface area contributed by atoms with Crippen molar-refractivity contribution in [2.75, 3.05) is 0 Å². The molecule has 0 spiro atoms. The zero-order valence-corrected chi connectivity index (χ0v) is 30.5. The molecular formula is C39H41IrN3OSi-2. The van der Waals surface area contributed by atoms with Crippen molar-refractivity contribution < 1.29 is 24.5 Å². The molecule has 0 aliphatic heterocycles. The topological polar surface area (TPSA) is 51.8 Å². The maximum atomic E-state index is 6.05. The van der Waals surface area contributed by atoms with Crippen molar-refractivity contribution in [1.82, 2.24) is 15.0 Å². The standard InChI is InChI=1S/C20H15N2O.C19H26NSi.Ir/c1-2-6-14-13(5-1)10-12-21-18(14)17-8-3-7-15-16-9-4-11-22-20(16)23-19(15)17;1-19(2,3)13-16-12-17(15-10-8-7-9-11-15)20-14-18(16)21(4,5)6;/h3-4,7,9-12H,1-2,5-6H2;7-10,12,14H,13H2,1-6H3;/q2*-1;. The van der Waals surface area contributed by atoms with E-state index < -0.39 is 8.07 Å². The predicted octanol–water partition coefficient (Wildman–Crippen LogP) is 9.40. The number of pyridine rings is 3. The van der Waals surface area contributed by atoms with Crippen molar-refractivity contribution in [2.45, 2.75) is 72.5 Å². The zero-order valence-electron chi connectivity index (χ0n) is 27.1. The van der Waals surface area contributed by atoms with Crippen molar-refractivity contribution in [2.24, 2.45) is 5.41 Å². The van der Waals surface area contributed by atoms with Crippen LogP contribution in [-0.4, -0.2) is 23.0 Å². The molecular weight excluding hydrogens is 747 g/mol. The Morgan fingerprint density at radius 3 is 2.42 bits per heavy atom. The van der Waals surface area contributed by atoms with Crippen LogP contribution in [0.2, 0.25) is 19.6 Å². The first-order valence-corrected chi connectivity index (χ1v) is 19.2. The maximum absolute atomic E-state index is 6.05.